The van der Waals surface area contributed by atoms with Gasteiger partial charge in [0.05, 0.1) is 34.4 Å². The van der Waals surface area contributed by atoms with Crippen LogP contribution in [0, 0.1) is 0 Å². The van der Waals surface area contributed by atoms with Crippen molar-refractivity contribution >= 4 is 13.8 Å². The Morgan fingerprint density at radius 3 is 1.15 bits per heavy atom. The minimum Gasteiger partial charge on any atom is -0.756 e. The first kappa shape index (κ1) is 68.9. The lowest BCUT2D eigenvalue weighted by atomic mass is 10.1. The lowest BCUT2D eigenvalue weighted by molar-refractivity contribution is -0.870. The summed E-state index contributed by atoms with van der Waals surface area (Å²) < 4.78 is 34.9. The first-order valence-corrected chi connectivity index (χ1v) is 31.1. The van der Waals surface area contributed by atoms with Gasteiger partial charge in [-0.1, -0.05) is 234 Å². The van der Waals surface area contributed by atoms with Crippen molar-refractivity contribution in [2.24, 2.45) is 0 Å². The Morgan fingerprint density at radius 1 is 0.437 bits per heavy atom. The number of nitrogens with zero attached hydrogens (tertiary/aromatic N) is 1. The van der Waals surface area contributed by atoms with Crippen LogP contribution in [0.3, 0.4) is 0 Å². The summed E-state index contributed by atoms with van der Waals surface area (Å²) in [6.07, 6.45) is 72.3. The van der Waals surface area contributed by atoms with E-state index in [0.29, 0.717) is 24.1 Å². The van der Waals surface area contributed by atoms with Gasteiger partial charge >= 0.3 is 5.97 Å². The number of carbonyl (C=O) groups excluding carboxylic acids is 1. The molecule has 0 saturated carbocycles. The van der Waals surface area contributed by atoms with Gasteiger partial charge in [-0.2, -0.15) is 0 Å². The van der Waals surface area contributed by atoms with Crippen LogP contribution >= 0.6 is 7.82 Å². The molecular weight excluding hydrogens is 902 g/mol. The Morgan fingerprint density at radius 2 is 0.775 bits per heavy atom. The molecule has 0 aromatic carbocycles. The van der Waals surface area contributed by atoms with Crippen molar-refractivity contribution in [1.82, 2.24) is 0 Å². The normalized spacial score (nSPS) is 13.9. The van der Waals surface area contributed by atoms with Gasteiger partial charge < -0.3 is 27.9 Å². The van der Waals surface area contributed by atoms with Gasteiger partial charge in [-0.25, -0.2) is 0 Å². The van der Waals surface area contributed by atoms with E-state index in [9.17, 15) is 14.3 Å². The van der Waals surface area contributed by atoms with Gasteiger partial charge in [0.2, 0.25) is 0 Å². The maximum atomic E-state index is 12.8. The van der Waals surface area contributed by atoms with E-state index in [1.165, 1.54) is 173 Å². The molecule has 0 aliphatic rings. The number of phosphoric acid groups is 1. The van der Waals surface area contributed by atoms with Crippen LogP contribution in [-0.4, -0.2) is 70.7 Å². The molecule has 2 atom stereocenters. The molecule has 0 N–H and O–H groups in total. The number of unbranched alkanes of at least 4 members (excludes halogenated alkanes) is 29. The number of quaternary nitrogens is 1. The Balaban J connectivity index is 4.10. The molecule has 0 aliphatic heterocycles. The zero-order valence-corrected chi connectivity index (χ0v) is 48.1. The summed E-state index contributed by atoms with van der Waals surface area (Å²) in [7, 11) is 1.35. The molecule has 0 aliphatic carbocycles. The van der Waals surface area contributed by atoms with Crippen LogP contribution in [0.2, 0.25) is 0 Å². The molecule has 0 spiro atoms. The van der Waals surface area contributed by atoms with Crippen LogP contribution in [0.4, 0.5) is 0 Å². The molecule has 0 rings (SSSR count). The second kappa shape index (κ2) is 54.2. The molecule has 71 heavy (non-hydrogen) atoms. The average molecular weight is 1020 g/mol. The summed E-state index contributed by atoms with van der Waals surface area (Å²) in [4.78, 5) is 25.3. The number of allylic oxidation sites excluding steroid dienone is 12. The smallest absolute Gasteiger partial charge is 0.306 e. The molecular formula is C62H114NO7P. The SMILES string of the molecule is CCCCCCC/C=C\C/C=C\C/C=C\CCCCCCCCCCCCCOCC(COP(=O)([O-])OCC[N+](C)(C)C)OC(=O)CCCCCCCCCC/C=C\C/C=C\C/C=C\CCCCCCC. The molecule has 2 unspecified atom stereocenters. The van der Waals surface area contributed by atoms with E-state index in [0.717, 1.165) is 64.2 Å². The van der Waals surface area contributed by atoms with Gasteiger partial charge in [0.15, 0.2) is 0 Å². The van der Waals surface area contributed by atoms with E-state index < -0.39 is 13.9 Å². The zero-order chi connectivity index (χ0) is 51.9. The van der Waals surface area contributed by atoms with Crippen molar-refractivity contribution < 1.29 is 37.3 Å². The molecule has 0 heterocycles. The molecule has 414 valence electrons. The van der Waals surface area contributed by atoms with Crippen molar-refractivity contribution in [1.29, 1.82) is 0 Å². The van der Waals surface area contributed by atoms with Crippen molar-refractivity contribution in [3.8, 4) is 0 Å². The quantitative estimate of drug-likeness (QED) is 0.0197. The number of esters is 1. The van der Waals surface area contributed by atoms with Crippen LogP contribution in [0.15, 0.2) is 72.9 Å². The molecule has 0 aromatic heterocycles. The summed E-state index contributed by atoms with van der Waals surface area (Å²) in [5.41, 5.74) is 0. The summed E-state index contributed by atoms with van der Waals surface area (Å²) in [5.74, 6) is -0.341. The fourth-order valence-corrected chi connectivity index (χ4v) is 8.88. The molecule has 9 heteroatoms. The maximum absolute atomic E-state index is 12.8. The highest BCUT2D eigenvalue weighted by Gasteiger charge is 2.20. The predicted molar refractivity (Wildman–Crippen MR) is 305 cm³/mol. The molecule has 0 amide bonds. The van der Waals surface area contributed by atoms with E-state index in [4.69, 9.17) is 18.5 Å². The van der Waals surface area contributed by atoms with Gasteiger partial charge in [-0.3, -0.25) is 9.36 Å². The summed E-state index contributed by atoms with van der Waals surface area (Å²) >= 11 is 0. The van der Waals surface area contributed by atoms with Crippen molar-refractivity contribution in [3.05, 3.63) is 72.9 Å². The Bertz CT molecular complexity index is 1370. The molecule has 0 saturated heterocycles. The van der Waals surface area contributed by atoms with Crippen LogP contribution in [-0.2, 0) is 27.9 Å². The van der Waals surface area contributed by atoms with Crippen molar-refractivity contribution in [3.63, 3.8) is 0 Å². The van der Waals surface area contributed by atoms with E-state index in [-0.39, 0.29) is 25.8 Å². The fourth-order valence-electron chi connectivity index (χ4n) is 8.15. The standard InChI is InChI=1S/C62H114NO7P/c1-6-8-10-12-14-16-18-20-22-24-26-28-30-31-32-34-36-38-40-42-44-46-48-50-52-54-57-67-59-61(60-69-71(65,66)68-58-56-63(3,4)5)70-62(64)55-53-51-49-47-45-43-41-39-37-35-33-29-27-25-23-21-19-17-15-13-11-9-7-2/h18-21,24-27,30-31,33,35,61H,6-17,22-23,28-29,32,34,36-60H2,1-5H3/b20-18-,21-19-,26-24-,27-25-,31-30-,35-33-. The highest BCUT2D eigenvalue weighted by molar-refractivity contribution is 7.45. The van der Waals surface area contributed by atoms with E-state index in [1.54, 1.807) is 0 Å². The Hall–Kier alpha value is -2.06. The van der Waals surface area contributed by atoms with Gasteiger partial charge in [0.1, 0.15) is 19.3 Å². The monoisotopic (exact) mass is 1020 g/mol. The third-order valence-corrected chi connectivity index (χ3v) is 13.7. The zero-order valence-electron chi connectivity index (χ0n) is 47.2. The topological polar surface area (TPSA) is 94.1 Å². The first-order chi connectivity index (χ1) is 34.6. The largest absolute Gasteiger partial charge is 0.756 e. The minimum absolute atomic E-state index is 0.0212. The minimum atomic E-state index is -4.54. The number of hydrogen-bond donors (Lipinski definition) is 0. The van der Waals surface area contributed by atoms with Gasteiger partial charge in [-0.15, -0.1) is 0 Å². The van der Waals surface area contributed by atoms with Crippen LogP contribution in [0.25, 0.3) is 0 Å². The highest BCUT2D eigenvalue weighted by Crippen LogP contribution is 2.38. The van der Waals surface area contributed by atoms with Crippen LogP contribution in [0.1, 0.15) is 258 Å². The lowest BCUT2D eigenvalue weighted by Crippen LogP contribution is -2.37. The maximum Gasteiger partial charge on any atom is 0.306 e. The van der Waals surface area contributed by atoms with Gasteiger partial charge in [0, 0.05) is 13.0 Å². The molecule has 0 bridgehead atoms. The second-order valence-corrected chi connectivity index (χ2v) is 22.4. The first-order valence-electron chi connectivity index (χ1n) is 29.7. The molecule has 8 nitrogen and oxygen atoms in total. The number of ether oxygens (including phenoxy) is 2. The van der Waals surface area contributed by atoms with Gasteiger partial charge in [-0.05, 0) is 89.9 Å². The molecule has 0 fully saturated rings. The van der Waals surface area contributed by atoms with E-state index >= 15 is 0 Å². The average Bonchev–Trinajstić information content (AvgIpc) is 3.33. The van der Waals surface area contributed by atoms with Crippen molar-refractivity contribution in [2.75, 3.05) is 54.1 Å². The second-order valence-electron chi connectivity index (χ2n) is 21.0. The summed E-state index contributed by atoms with van der Waals surface area (Å²) in [6.45, 7) is 5.39. The number of hydrogen-bond acceptors (Lipinski definition) is 7. The number of rotatable bonds is 55. The highest BCUT2D eigenvalue weighted by atomic mass is 31.2. The van der Waals surface area contributed by atoms with Crippen LogP contribution < -0.4 is 4.89 Å². The molecule has 0 radical (unpaired) electrons. The fraction of sp³-hybridized carbons (Fsp3) is 0.790. The summed E-state index contributed by atoms with van der Waals surface area (Å²) in [5, 5.41) is 0. The Kier molecular flexibility index (Phi) is 52.6. The number of carbonyl (C=O) groups is 1. The summed E-state index contributed by atoms with van der Waals surface area (Å²) in [6, 6.07) is 0. The Labute approximate surface area is 440 Å². The van der Waals surface area contributed by atoms with E-state index in [1.807, 2.05) is 21.1 Å². The predicted octanol–water partition coefficient (Wildman–Crippen LogP) is 18.3. The third-order valence-electron chi connectivity index (χ3n) is 12.7. The lowest BCUT2D eigenvalue weighted by Gasteiger charge is -2.28. The third kappa shape index (κ3) is 58.7. The van der Waals surface area contributed by atoms with Crippen LogP contribution in [0.5, 0.6) is 0 Å². The number of phosphoric ester groups is 1. The number of likely N-dealkylation sites (N-methyl/N-ethyl adjacent to an activating group) is 1. The van der Waals surface area contributed by atoms with Gasteiger partial charge in [0.25, 0.3) is 7.82 Å². The van der Waals surface area contributed by atoms with Crippen molar-refractivity contribution in [2.45, 2.75) is 264 Å². The van der Waals surface area contributed by atoms with E-state index in [2.05, 4.69) is 86.8 Å². The molecule has 0 aromatic rings.